The first-order valence-corrected chi connectivity index (χ1v) is 4.37. The molecule has 0 atom stereocenters. The number of hydrogen-bond acceptors (Lipinski definition) is 3. The molecule has 0 fully saturated rings. The van der Waals surface area contributed by atoms with Crippen molar-refractivity contribution < 1.29 is 14.9 Å². The van der Waals surface area contributed by atoms with Crippen LogP contribution in [0, 0.1) is 0 Å². The van der Waals surface area contributed by atoms with Gasteiger partial charge in [-0.1, -0.05) is 18.2 Å². The van der Waals surface area contributed by atoms with Crippen LogP contribution in [0.5, 0.6) is 5.75 Å². The molecule has 0 aliphatic heterocycles. The summed E-state index contributed by atoms with van der Waals surface area (Å²) in [6.45, 7) is -0.0372. The van der Waals surface area contributed by atoms with Gasteiger partial charge in [-0.25, -0.2) is 0 Å². The zero-order valence-corrected chi connectivity index (χ0v) is 8.10. The zero-order valence-electron chi connectivity index (χ0n) is 8.10. The SMILES string of the molecule is COc1ccc(C=CCO)cc1CO. The molecule has 1 aromatic carbocycles. The Kier molecular flexibility index (Phi) is 4.16. The van der Waals surface area contributed by atoms with E-state index in [9.17, 15) is 0 Å². The number of rotatable bonds is 4. The lowest BCUT2D eigenvalue weighted by molar-refractivity contribution is 0.274. The van der Waals surface area contributed by atoms with Crippen molar-refractivity contribution in [3.05, 3.63) is 35.4 Å². The third kappa shape index (κ3) is 2.58. The minimum atomic E-state index is -0.0516. The highest BCUT2D eigenvalue weighted by Gasteiger charge is 2.00. The lowest BCUT2D eigenvalue weighted by Crippen LogP contribution is -1.92. The van der Waals surface area contributed by atoms with E-state index in [0.29, 0.717) is 5.75 Å². The Bertz CT molecular complexity index is 318. The van der Waals surface area contributed by atoms with E-state index in [1.54, 1.807) is 25.3 Å². The molecule has 0 unspecified atom stereocenters. The van der Waals surface area contributed by atoms with Crippen molar-refractivity contribution in [3.8, 4) is 5.75 Å². The quantitative estimate of drug-likeness (QED) is 0.757. The van der Waals surface area contributed by atoms with E-state index in [4.69, 9.17) is 14.9 Å². The fourth-order valence-corrected chi connectivity index (χ4v) is 1.21. The van der Waals surface area contributed by atoms with Gasteiger partial charge in [-0.05, 0) is 17.7 Å². The molecule has 0 aliphatic carbocycles. The van der Waals surface area contributed by atoms with Gasteiger partial charge in [0, 0.05) is 5.56 Å². The molecule has 1 rings (SSSR count). The lowest BCUT2D eigenvalue weighted by Gasteiger charge is -2.06. The molecule has 0 amide bonds. The highest BCUT2D eigenvalue weighted by molar-refractivity contribution is 5.53. The number of benzene rings is 1. The molecule has 0 saturated carbocycles. The van der Waals surface area contributed by atoms with Gasteiger partial charge in [0.15, 0.2) is 0 Å². The summed E-state index contributed by atoms with van der Waals surface area (Å²) >= 11 is 0. The van der Waals surface area contributed by atoms with Crippen LogP contribution in [-0.4, -0.2) is 23.9 Å². The Hall–Kier alpha value is -1.32. The van der Waals surface area contributed by atoms with Gasteiger partial charge in [-0.2, -0.15) is 0 Å². The van der Waals surface area contributed by atoms with Crippen LogP contribution in [0.2, 0.25) is 0 Å². The van der Waals surface area contributed by atoms with Crippen molar-refractivity contribution in [1.82, 2.24) is 0 Å². The van der Waals surface area contributed by atoms with Gasteiger partial charge in [-0.15, -0.1) is 0 Å². The van der Waals surface area contributed by atoms with E-state index in [1.165, 1.54) is 0 Å². The highest BCUT2D eigenvalue weighted by atomic mass is 16.5. The number of methoxy groups -OCH3 is 1. The maximum atomic E-state index is 9.05. The molecule has 0 radical (unpaired) electrons. The van der Waals surface area contributed by atoms with Crippen molar-refractivity contribution in [3.63, 3.8) is 0 Å². The molecule has 1 aromatic rings. The standard InChI is InChI=1S/C11H14O3/c1-14-11-5-4-9(3-2-6-12)7-10(11)8-13/h2-5,7,12-13H,6,8H2,1H3. The molecular weight excluding hydrogens is 180 g/mol. The van der Waals surface area contributed by atoms with Gasteiger partial charge in [0.25, 0.3) is 0 Å². The lowest BCUT2D eigenvalue weighted by atomic mass is 10.1. The van der Waals surface area contributed by atoms with E-state index in [1.807, 2.05) is 12.1 Å². The van der Waals surface area contributed by atoms with Gasteiger partial charge in [-0.3, -0.25) is 0 Å². The minimum Gasteiger partial charge on any atom is -0.496 e. The fourth-order valence-electron chi connectivity index (χ4n) is 1.21. The molecule has 0 saturated heterocycles. The number of hydrogen-bond donors (Lipinski definition) is 2. The Morgan fingerprint density at radius 1 is 1.36 bits per heavy atom. The second-order valence-electron chi connectivity index (χ2n) is 2.81. The monoisotopic (exact) mass is 194 g/mol. The summed E-state index contributed by atoms with van der Waals surface area (Å²) in [7, 11) is 1.57. The maximum Gasteiger partial charge on any atom is 0.124 e. The molecule has 2 N–H and O–H groups in total. The molecule has 3 nitrogen and oxygen atoms in total. The third-order valence-electron chi connectivity index (χ3n) is 1.89. The fraction of sp³-hybridized carbons (Fsp3) is 0.273. The predicted molar refractivity (Wildman–Crippen MR) is 55.0 cm³/mol. The highest BCUT2D eigenvalue weighted by Crippen LogP contribution is 2.20. The Balaban J connectivity index is 2.95. The first kappa shape index (κ1) is 10.8. The van der Waals surface area contributed by atoms with E-state index < -0.39 is 0 Å². The van der Waals surface area contributed by atoms with Gasteiger partial charge in [0.05, 0.1) is 20.3 Å². The molecule has 76 valence electrons. The second-order valence-corrected chi connectivity index (χ2v) is 2.81. The number of ether oxygens (including phenoxy) is 1. The van der Waals surface area contributed by atoms with Gasteiger partial charge >= 0.3 is 0 Å². The van der Waals surface area contributed by atoms with Crippen LogP contribution >= 0.6 is 0 Å². The normalized spacial score (nSPS) is 10.8. The predicted octanol–water partition coefficient (Wildman–Crippen LogP) is 1.19. The Morgan fingerprint density at radius 3 is 2.71 bits per heavy atom. The molecule has 0 bridgehead atoms. The Morgan fingerprint density at radius 2 is 2.14 bits per heavy atom. The summed E-state index contributed by atoms with van der Waals surface area (Å²) in [4.78, 5) is 0. The zero-order chi connectivity index (χ0) is 10.4. The van der Waals surface area contributed by atoms with Gasteiger partial charge < -0.3 is 14.9 Å². The maximum absolute atomic E-state index is 9.05. The van der Waals surface area contributed by atoms with Crippen LogP contribution in [0.4, 0.5) is 0 Å². The summed E-state index contributed by atoms with van der Waals surface area (Å²) in [5.41, 5.74) is 1.68. The van der Waals surface area contributed by atoms with Crippen LogP contribution in [0.1, 0.15) is 11.1 Å². The largest absolute Gasteiger partial charge is 0.496 e. The number of aliphatic hydroxyl groups is 2. The molecule has 0 aliphatic rings. The third-order valence-corrected chi connectivity index (χ3v) is 1.89. The summed E-state index contributed by atoms with van der Waals surface area (Å²) in [5.74, 6) is 0.675. The van der Waals surface area contributed by atoms with Crippen molar-refractivity contribution in [2.24, 2.45) is 0 Å². The average Bonchev–Trinajstić information content (AvgIpc) is 2.25. The summed E-state index contributed by atoms with van der Waals surface area (Å²) in [6, 6.07) is 5.48. The minimum absolute atomic E-state index is 0.0144. The average molecular weight is 194 g/mol. The van der Waals surface area contributed by atoms with E-state index in [-0.39, 0.29) is 13.2 Å². The molecule has 3 heteroatoms. The van der Waals surface area contributed by atoms with Gasteiger partial charge in [0.2, 0.25) is 0 Å². The van der Waals surface area contributed by atoms with Crippen LogP contribution in [0.3, 0.4) is 0 Å². The van der Waals surface area contributed by atoms with E-state index in [2.05, 4.69) is 0 Å². The van der Waals surface area contributed by atoms with Crippen LogP contribution in [0.15, 0.2) is 24.3 Å². The summed E-state index contributed by atoms with van der Waals surface area (Å²) in [6.07, 6.45) is 3.43. The second kappa shape index (κ2) is 5.42. The van der Waals surface area contributed by atoms with Crippen LogP contribution in [0.25, 0.3) is 6.08 Å². The van der Waals surface area contributed by atoms with Crippen molar-refractivity contribution in [2.45, 2.75) is 6.61 Å². The molecular formula is C11H14O3. The summed E-state index contributed by atoms with van der Waals surface area (Å²) in [5, 5.41) is 17.6. The first-order chi connectivity index (χ1) is 6.81. The van der Waals surface area contributed by atoms with Crippen LogP contribution < -0.4 is 4.74 Å². The van der Waals surface area contributed by atoms with Crippen molar-refractivity contribution >= 4 is 6.08 Å². The summed E-state index contributed by atoms with van der Waals surface area (Å²) < 4.78 is 5.06. The topological polar surface area (TPSA) is 49.7 Å². The van der Waals surface area contributed by atoms with Crippen molar-refractivity contribution in [2.75, 3.05) is 13.7 Å². The molecule has 14 heavy (non-hydrogen) atoms. The van der Waals surface area contributed by atoms with Crippen LogP contribution in [-0.2, 0) is 6.61 Å². The van der Waals surface area contributed by atoms with E-state index in [0.717, 1.165) is 11.1 Å². The first-order valence-electron chi connectivity index (χ1n) is 4.37. The number of aliphatic hydroxyl groups excluding tert-OH is 2. The molecule has 0 spiro atoms. The smallest absolute Gasteiger partial charge is 0.124 e. The molecule has 0 heterocycles. The van der Waals surface area contributed by atoms with Gasteiger partial charge in [0.1, 0.15) is 5.75 Å². The van der Waals surface area contributed by atoms with E-state index >= 15 is 0 Å². The molecule has 0 aromatic heterocycles. The van der Waals surface area contributed by atoms with Crippen molar-refractivity contribution in [1.29, 1.82) is 0 Å². The Labute approximate surface area is 83.3 Å².